The average Bonchev–Trinajstić information content (AvgIpc) is 3.49. The van der Waals surface area contributed by atoms with Gasteiger partial charge in [-0.15, -0.1) is 0 Å². The zero-order chi connectivity index (χ0) is 23.7. The Hall–Kier alpha value is -3.98. The minimum atomic E-state index is -0.238. The van der Waals surface area contributed by atoms with Gasteiger partial charge in [0, 0.05) is 30.9 Å². The molecule has 0 radical (unpaired) electrons. The van der Waals surface area contributed by atoms with Gasteiger partial charge >= 0.3 is 0 Å². The van der Waals surface area contributed by atoms with E-state index in [2.05, 4.69) is 32.2 Å². The van der Waals surface area contributed by atoms with Gasteiger partial charge in [0.25, 0.3) is 5.91 Å². The first kappa shape index (κ1) is 21.8. The fraction of sp³-hybridized carbons (Fsp3) is 0.280. The van der Waals surface area contributed by atoms with Gasteiger partial charge in [0.1, 0.15) is 5.82 Å². The van der Waals surface area contributed by atoms with Crippen LogP contribution in [0.4, 0.5) is 5.69 Å². The number of aliphatic hydroxyl groups excluding tert-OH is 1. The second-order valence-corrected chi connectivity index (χ2v) is 8.40. The number of aliphatic imine (C=N–C) groups is 1. The Morgan fingerprint density at radius 3 is 2.94 bits per heavy atom. The fourth-order valence-electron chi connectivity index (χ4n) is 4.38. The van der Waals surface area contributed by atoms with Gasteiger partial charge in [-0.3, -0.25) is 9.78 Å². The van der Waals surface area contributed by atoms with Crippen LogP contribution in [0, 0.1) is 0 Å². The molecule has 9 nitrogen and oxygen atoms in total. The molecule has 174 valence electrons. The van der Waals surface area contributed by atoms with Crippen LogP contribution in [0.15, 0.2) is 65.8 Å². The van der Waals surface area contributed by atoms with E-state index in [0.29, 0.717) is 23.6 Å². The van der Waals surface area contributed by atoms with E-state index in [9.17, 15) is 9.90 Å². The highest BCUT2D eigenvalue weighted by Gasteiger charge is 2.28. The van der Waals surface area contributed by atoms with Gasteiger partial charge < -0.3 is 20.6 Å². The molecule has 1 amide bonds. The molecule has 5 rings (SSSR count). The number of rotatable bonds is 6. The molecule has 2 aliphatic heterocycles. The molecular weight excluding hydrogens is 430 g/mol. The summed E-state index contributed by atoms with van der Waals surface area (Å²) in [6.45, 7) is 7.89. The van der Waals surface area contributed by atoms with Crippen molar-refractivity contribution < 1.29 is 9.90 Å². The number of carbonyl (C=O) groups excluding carboxylic acids is 1. The summed E-state index contributed by atoms with van der Waals surface area (Å²) in [6, 6.07) is 7.82. The van der Waals surface area contributed by atoms with Gasteiger partial charge in [-0.05, 0) is 44.0 Å². The Morgan fingerprint density at radius 2 is 2.15 bits per heavy atom. The van der Waals surface area contributed by atoms with Crippen molar-refractivity contribution in [1.29, 1.82) is 0 Å². The van der Waals surface area contributed by atoms with E-state index >= 15 is 0 Å². The van der Waals surface area contributed by atoms with Crippen LogP contribution in [0.3, 0.4) is 0 Å². The third-order valence-electron chi connectivity index (χ3n) is 6.26. The molecule has 5 heterocycles. The Labute approximate surface area is 197 Å². The summed E-state index contributed by atoms with van der Waals surface area (Å²) in [4.78, 5) is 24.1. The van der Waals surface area contributed by atoms with Gasteiger partial charge in [0.05, 0.1) is 52.9 Å². The topological polar surface area (TPSA) is 107 Å². The molecule has 0 saturated carbocycles. The van der Waals surface area contributed by atoms with Crippen LogP contribution in [-0.4, -0.2) is 55.9 Å². The zero-order valence-electron chi connectivity index (χ0n) is 19.0. The molecular formula is C25H27N7O2. The van der Waals surface area contributed by atoms with Crippen LogP contribution in [0.25, 0.3) is 16.9 Å². The third-order valence-corrected chi connectivity index (χ3v) is 6.26. The van der Waals surface area contributed by atoms with Crippen molar-refractivity contribution in [2.24, 2.45) is 4.99 Å². The Balaban J connectivity index is 1.41. The predicted molar refractivity (Wildman–Crippen MR) is 131 cm³/mol. The number of aromatic nitrogens is 3. The number of aliphatic hydroxyl groups is 1. The molecule has 3 aromatic rings. The van der Waals surface area contributed by atoms with Crippen LogP contribution < -0.4 is 10.6 Å². The molecule has 3 aromatic heterocycles. The largest absolute Gasteiger partial charge is 0.393 e. The highest BCUT2D eigenvalue weighted by molar-refractivity contribution is 6.05. The summed E-state index contributed by atoms with van der Waals surface area (Å²) in [6.07, 6.45) is 8.18. The number of nitrogens with one attached hydrogen (secondary N) is 2. The molecule has 0 spiro atoms. The van der Waals surface area contributed by atoms with Crippen molar-refractivity contribution in [2.45, 2.75) is 32.4 Å². The van der Waals surface area contributed by atoms with Gasteiger partial charge in [0.15, 0.2) is 0 Å². The van der Waals surface area contributed by atoms with Crippen LogP contribution in [0.5, 0.6) is 0 Å². The molecule has 0 aromatic carbocycles. The van der Waals surface area contributed by atoms with Crippen molar-refractivity contribution >= 4 is 23.3 Å². The third kappa shape index (κ3) is 4.06. The van der Waals surface area contributed by atoms with Crippen LogP contribution >= 0.6 is 0 Å². The van der Waals surface area contributed by atoms with E-state index < -0.39 is 0 Å². The molecule has 0 atom stereocenters. The molecule has 0 aliphatic carbocycles. The highest BCUT2D eigenvalue weighted by Crippen LogP contribution is 2.32. The lowest BCUT2D eigenvalue weighted by Crippen LogP contribution is -2.35. The summed E-state index contributed by atoms with van der Waals surface area (Å²) in [7, 11) is 0. The molecule has 0 unspecified atom stereocenters. The van der Waals surface area contributed by atoms with Gasteiger partial charge in [0.2, 0.25) is 0 Å². The molecule has 9 heteroatoms. The number of fused-ring (bicyclic) bond motifs is 2. The molecule has 0 bridgehead atoms. The molecule has 1 saturated heterocycles. The monoisotopic (exact) mass is 457 g/mol. The quantitative estimate of drug-likeness (QED) is 0.492. The maximum Gasteiger partial charge on any atom is 0.254 e. The van der Waals surface area contributed by atoms with E-state index in [4.69, 9.17) is 4.98 Å². The normalized spacial score (nSPS) is 16.8. The fourth-order valence-corrected chi connectivity index (χ4v) is 4.38. The van der Waals surface area contributed by atoms with Crippen molar-refractivity contribution in [3.05, 3.63) is 72.0 Å². The van der Waals surface area contributed by atoms with Gasteiger partial charge in [-0.1, -0.05) is 12.6 Å². The molecule has 3 N–H and O–H groups in total. The first-order chi connectivity index (χ1) is 16.5. The minimum absolute atomic E-state index is 0.149. The van der Waals surface area contributed by atoms with E-state index in [-0.39, 0.29) is 12.0 Å². The second kappa shape index (κ2) is 9.11. The Morgan fingerprint density at radius 1 is 1.32 bits per heavy atom. The number of anilines is 1. The van der Waals surface area contributed by atoms with E-state index in [1.165, 1.54) is 0 Å². The minimum Gasteiger partial charge on any atom is -0.393 e. The zero-order valence-corrected chi connectivity index (χ0v) is 19.0. The van der Waals surface area contributed by atoms with Gasteiger partial charge in [-0.25, -0.2) is 9.51 Å². The average molecular weight is 458 g/mol. The molecule has 2 aliphatic rings. The standard InChI is InChI=1S/C25H27N7O2/c1-3-22(26-13-16(2)31-11-8-18(33)9-12-31)30-20-15-27-24(19-14-28-25(34)23(19)20)21-6-4-5-17-7-10-29-32(17)21/h3-7,10,13,15,18,30,33H,2,8-9,11-12,14H2,1H3,(H,28,34)/b22-3+,26-13-. The summed E-state index contributed by atoms with van der Waals surface area (Å²) in [5, 5.41) is 20.3. The summed E-state index contributed by atoms with van der Waals surface area (Å²) in [5.74, 6) is 0.438. The number of pyridine rings is 2. The number of piperidine rings is 1. The van der Waals surface area contributed by atoms with Crippen molar-refractivity contribution in [3.63, 3.8) is 0 Å². The van der Waals surface area contributed by atoms with Crippen molar-refractivity contribution in [1.82, 2.24) is 24.8 Å². The predicted octanol–water partition coefficient (Wildman–Crippen LogP) is 2.95. The SMILES string of the molecule is C=C(/C=N\C(=C/C)Nc1cnc(-c2cccc3ccnn23)c2c1C(=O)NC2)N1CCC(O)CC1. The van der Waals surface area contributed by atoms with Crippen LogP contribution in [0.2, 0.25) is 0 Å². The van der Waals surface area contributed by atoms with Gasteiger partial charge in [-0.2, -0.15) is 5.10 Å². The smallest absolute Gasteiger partial charge is 0.254 e. The summed E-state index contributed by atoms with van der Waals surface area (Å²) < 4.78 is 1.82. The lowest BCUT2D eigenvalue weighted by atomic mass is 10.0. The first-order valence-corrected chi connectivity index (χ1v) is 11.4. The number of hydrogen-bond donors (Lipinski definition) is 3. The maximum absolute atomic E-state index is 12.8. The summed E-state index contributed by atoms with van der Waals surface area (Å²) >= 11 is 0. The maximum atomic E-state index is 12.8. The van der Waals surface area contributed by atoms with Crippen LogP contribution in [0.1, 0.15) is 35.7 Å². The number of hydrogen-bond acceptors (Lipinski definition) is 7. The van der Waals surface area contributed by atoms with Crippen LogP contribution in [-0.2, 0) is 6.54 Å². The lowest BCUT2D eigenvalue weighted by molar-refractivity contribution is 0.0965. The summed E-state index contributed by atoms with van der Waals surface area (Å²) in [5.41, 5.74) is 5.28. The second-order valence-electron chi connectivity index (χ2n) is 8.40. The number of carbonyl (C=O) groups is 1. The Kier molecular flexibility index (Phi) is 5.85. The van der Waals surface area contributed by atoms with E-state index in [1.807, 2.05) is 41.8 Å². The highest BCUT2D eigenvalue weighted by atomic mass is 16.3. The number of allylic oxidation sites excluding steroid dienone is 2. The number of amides is 1. The lowest BCUT2D eigenvalue weighted by Gasteiger charge is -2.31. The number of nitrogens with zero attached hydrogens (tertiary/aromatic N) is 5. The van der Waals surface area contributed by atoms with E-state index in [1.54, 1.807) is 18.6 Å². The van der Waals surface area contributed by atoms with Crippen molar-refractivity contribution in [2.75, 3.05) is 18.4 Å². The molecule has 34 heavy (non-hydrogen) atoms. The van der Waals surface area contributed by atoms with Crippen molar-refractivity contribution in [3.8, 4) is 11.4 Å². The molecule has 1 fully saturated rings. The van der Waals surface area contributed by atoms with E-state index in [0.717, 1.165) is 54.1 Å². The Bertz CT molecular complexity index is 1320. The number of likely N-dealkylation sites (tertiary alicyclic amines) is 1. The first-order valence-electron chi connectivity index (χ1n) is 11.4.